The molecular formula is C19H32O2. The third-order valence-electron chi connectivity index (χ3n) is 8.12. The molecule has 8 atom stereocenters. The SMILES string of the molecule is CO[C@H]1CC[C@H]2[C@@H]3CC[C@@H]4CC(O)CC[C@@H]4[C@H]3CC[C@]12C. The highest BCUT2D eigenvalue weighted by Gasteiger charge is 2.57. The first-order valence-corrected chi connectivity index (χ1v) is 9.34. The van der Waals surface area contributed by atoms with E-state index >= 15 is 0 Å². The highest BCUT2D eigenvalue weighted by Crippen LogP contribution is 2.62. The zero-order valence-corrected chi connectivity index (χ0v) is 13.8. The Morgan fingerprint density at radius 2 is 1.71 bits per heavy atom. The molecule has 0 aliphatic heterocycles. The van der Waals surface area contributed by atoms with Gasteiger partial charge >= 0.3 is 0 Å². The molecule has 4 aliphatic carbocycles. The minimum absolute atomic E-state index is 0.000934. The molecule has 2 heteroatoms. The van der Waals surface area contributed by atoms with Crippen LogP contribution >= 0.6 is 0 Å². The molecule has 120 valence electrons. The number of methoxy groups -OCH3 is 1. The molecule has 4 rings (SSSR count). The number of hydrogen-bond acceptors (Lipinski definition) is 2. The second-order valence-electron chi connectivity index (χ2n) is 8.75. The molecule has 0 bridgehead atoms. The standard InChI is InChI=1S/C19H32O2/c1-19-10-9-15-14-6-4-13(20)11-12(14)3-5-16(15)17(19)7-8-18(19)21-2/h12-18,20H,3-11H2,1-2H3/t12-,13?,14+,15-,16-,17+,18+,19+/m1/s1. The lowest BCUT2D eigenvalue weighted by Crippen LogP contribution is -2.50. The van der Waals surface area contributed by atoms with Gasteiger partial charge in [0, 0.05) is 7.11 Å². The van der Waals surface area contributed by atoms with Crippen LogP contribution in [-0.4, -0.2) is 24.4 Å². The van der Waals surface area contributed by atoms with E-state index in [0.717, 1.165) is 42.4 Å². The van der Waals surface area contributed by atoms with Crippen molar-refractivity contribution < 1.29 is 9.84 Å². The van der Waals surface area contributed by atoms with Gasteiger partial charge in [-0.3, -0.25) is 0 Å². The molecule has 0 aromatic rings. The summed E-state index contributed by atoms with van der Waals surface area (Å²) in [7, 11) is 1.92. The van der Waals surface area contributed by atoms with Gasteiger partial charge in [0.15, 0.2) is 0 Å². The summed E-state index contributed by atoms with van der Waals surface area (Å²) >= 11 is 0. The Hall–Kier alpha value is -0.0800. The zero-order valence-electron chi connectivity index (χ0n) is 13.8. The van der Waals surface area contributed by atoms with Crippen molar-refractivity contribution >= 4 is 0 Å². The van der Waals surface area contributed by atoms with Gasteiger partial charge in [-0.05, 0) is 92.8 Å². The van der Waals surface area contributed by atoms with E-state index in [9.17, 15) is 5.11 Å². The summed E-state index contributed by atoms with van der Waals surface area (Å²) in [6.45, 7) is 2.52. The highest BCUT2D eigenvalue weighted by atomic mass is 16.5. The van der Waals surface area contributed by atoms with Gasteiger partial charge in [-0.25, -0.2) is 0 Å². The maximum Gasteiger partial charge on any atom is 0.0627 e. The number of aliphatic hydroxyl groups excluding tert-OH is 1. The Kier molecular flexibility index (Phi) is 3.61. The summed E-state index contributed by atoms with van der Waals surface area (Å²) in [6, 6.07) is 0. The third kappa shape index (κ3) is 2.12. The average Bonchev–Trinajstić information content (AvgIpc) is 2.83. The maximum absolute atomic E-state index is 9.99. The molecule has 0 spiro atoms. The van der Waals surface area contributed by atoms with Crippen LogP contribution in [0.3, 0.4) is 0 Å². The molecule has 1 N–H and O–H groups in total. The Bertz CT molecular complexity index is 395. The summed E-state index contributed by atoms with van der Waals surface area (Å²) in [5, 5.41) is 9.99. The Morgan fingerprint density at radius 1 is 0.905 bits per heavy atom. The number of ether oxygens (including phenoxy) is 1. The quantitative estimate of drug-likeness (QED) is 0.791. The van der Waals surface area contributed by atoms with Crippen LogP contribution in [0.5, 0.6) is 0 Å². The first-order valence-electron chi connectivity index (χ1n) is 9.34. The smallest absolute Gasteiger partial charge is 0.0627 e. The van der Waals surface area contributed by atoms with Crippen LogP contribution in [-0.2, 0) is 4.74 Å². The number of rotatable bonds is 1. The molecule has 0 aromatic heterocycles. The molecular weight excluding hydrogens is 260 g/mol. The molecule has 4 fully saturated rings. The number of hydrogen-bond donors (Lipinski definition) is 1. The van der Waals surface area contributed by atoms with E-state index < -0.39 is 0 Å². The van der Waals surface area contributed by atoms with Crippen LogP contribution in [0.25, 0.3) is 0 Å². The van der Waals surface area contributed by atoms with E-state index in [4.69, 9.17) is 4.74 Å². The lowest BCUT2D eigenvalue weighted by molar-refractivity contribution is -0.0988. The number of aliphatic hydroxyl groups is 1. The number of fused-ring (bicyclic) bond motifs is 5. The molecule has 0 heterocycles. The van der Waals surface area contributed by atoms with Gasteiger partial charge in [0.1, 0.15) is 0 Å². The minimum Gasteiger partial charge on any atom is -0.393 e. The van der Waals surface area contributed by atoms with Gasteiger partial charge in [-0.1, -0.05) is 6.92 Å². The van der Waals surface area contributed by atoms with Crippen molar-refractivity contribution in [2.75, 3.05) is 7.11 Å². The van der Waals surface area contributed by atoms with Crippen molar-refractivity contribution in [3.8, 4) is 0 Å². The van der Waals surface area contributed by atoms with Gasteiger partial charge in [-0.2, -0.15) is 0 Å². The van der Waals surface area contributed by atoms with Gasteiger partial charge < -0.3 is 9.84 Å². The molecule has 0 amide bonds. The van der Waals surface area contributed by atoms with Crippen molar-refractivity contribution in [3.05, 3.63) is 0 Å². The van der Waals surface area contributed by atoms with E-state index in [1.54, 1.807) is 0 Å². The first kappa shape index (κ1) is 14.5. The topological polar surface area (TPSA) is 29.5 Å². The maximum atomic E-state index is 9.99. The molecule has 2 nitrogen and oxygen atoms in total. The van der Waals surface area contributed by atoms with E-state index in [2.05, 4.69) is 6.92 Å². The highest BCUT2D eigenvalue weighted by molar-refractivity contribution is 5.06. The first-order chi connectivity index (χ1) is 10.1. The molecule has 4 saturated carbocycles. The van der Waals surface area contributed by atoms with Crippen LogP contribution < -0.4 is 0 Å². The molecule has 4 aliphatic rings. The largest absolute Gasteiger partial charge is 0.393 e. The van der Waals surface area contributed by atoms with Crippen molar-refractivity contribution in [3.63, 3.8) is 0 Å². The molecule has 0 radical (unpaired) electrons. The van der Waals surface area contributed by atoms with Crippen molar-refractivity contribution in [1.82, 2.24) is 0 Å². The summed E-state index contributed by atoms with van der Waals surface area (Å²) in [5.41, 5.74) is 0.455. The van der Waals surface area contributed by atoms with Gasteiger partial charge in [0.2, 0.25) is 0 Å². The molecule has 0 saturated heterocycles. The molecule has 21 heavy (non-hydrogen) atoms. The lowest BCUT2D eigenvalue weighted by atomic mass is 9.50. The summed E-state index contributed by atoms with van der Waals surface area (Å²) in [5.74, 6) is 4.59. The third-order valence-corrected chi connectivity index (χ3v) is 8.12. The summed E-state index contributed by atoms with van der Waals surface area (Å²) in [4.78, 5) is 0. The van der Waals surface area contributed by atoms with Crippen LogP contribution in [0, 0.1) is 35.0 Å². The summed E-state index contributed by atoms with van der Waals surface area (Å²) in [6.07, 6.45) is 12.3. The average molecular weight is 292 g/mol. The van der Waals surface area contributed by atoms with Gasteiger partial charge in [0.05, 0.1) is 12.2 Å². The van der Waals surface area contributed by atoms with Crippen molar-refractivity contribution in [2.24, 2.45) is 35.0 Å². The predicted molar refractivity (Wildman–Crippen MR) is 83.9 cm³/mol. The normalized spacial score (nSPS) is 56.4. The van der Waals surface area contributed by atoms with Gasteiger partial charge in [-0.15, -0.1) is 0 Å². The second-order valence-corrected chi connectivity index (χ2v) is 8.75. The van der Waals surface area contributed by atoms with E-state index in [1.165, 1.54) is 44.9 Å². The van der Waals surface area contributed by atoms with Crippen LogP contribution in [0.1, 0.15) is 64.7 Å². The lowest BCUT2D eigenvalue weighted by Gasteiger charge is -2.55. The Morgan fingerprint density at radius 3 is 2.52 bits per heavy atom. The fraction of sp³-hybridized carbons (Fsp3) is 1.00. The van der Waals surface area contributed by atoms with Crippen molar-refractivity contribution in [1.29, 1.82) is 0 Å². The minimum atomic E-state index is 0.000934. The van der Waals surface area contributed by atoms with Crippen molar-refractivity contribution in [2.45, 2.75) is 76.9 Å². The van der Waals surface area contributed by atoms with E-state index in [1.807, 2.05) is 7.11 Å². The van der Waals surface area contributed by atoms with E-state index in [-0.39, 0.29) is 6.10 Å². The Balaban J connectivity index is 1.55. The zero-order chi connectivity index (χ0) is 14.6. The van der Waals surface area contributed by atoms with Crippen LogP contribution in [0.4, 0.5) is 0 Å². The monoisotopic (exact) mass is 292 g/mol. The van der Waals surface area contributed by atoms with Gasteiger partial charge in [0.25, 0.3) is 0 Å². The van der Waals surface area contributed by atoms with E-state index in [0.29, 0.717) is 11.5 Å². The van der Waals surface area contributed by atoms with Crippen LogP contribution in [0.15, 0.2) is 0 Å². The fourth-order valence-electron chi connectivity index (χ4n) is 7.17. The Labute approximate surface area is 129 Å². The fourth-order valence-corrected chi connectivity index (χ4v) is 7.17. The van der Waals surface area contributed by atoms with Crippen LogP contribution in [0.2, 0.25) is 0 Å². The molecule has 0 aromatic carbocycles. The summed E-state index contributed by atoms with van der Waals surface area (Å²) < 4.78 is 5.85. The predicted octanol–water partition coefficient (Wildman–Crippen LogP) is 4.01. The second kappa shape index (κ2) is 5.23. The molecule has 1 unspecified atom stereocenters.